The highest BCUT2D eigenvalue weighted by molar-refractivity contribution is 8.02. The average Bonchev–Trinajstić information content (AvgIpc) is 2.82. The van der Waals surface area contributed by atoms with Gasteiger partial charge < -0.3 is 4.74 Å². The van der Waals surface area contributed by atoms with Crippen molar-refractivity contribution in [3.8, 4) is 5.75 Å². The van der Waals surface area contributed by atoms with Gasteiger partial charge >= 0.3 is 0 Å². The summed E-state index contributed by atoms with van der Waals surface area (Å²) < 4.78 is 31.0. The Labute approximate surface area is 133 Å². The molecule has 0 unspecified atom stereocenters. The fourth-order valence-electron chi connectivity index (χ4n) is 2.33. The van der Waals surface area contributed by atoms with Crippen LogP contribution in [0.4, 0.5) is 0 Å². The first kappa shape index (κ1) is 17.1. The van der Waals surface area contributed by atoms with Gasteiger partial charge in [0.25, 0.3) is 5.91 Å². The van der Waals surface area contributed by atoms with Crippen LogP contribution in [0.3, 0.4) is 0 Å². The van der Waals surface area contributed by atoms with Gasteiger partial charge in [-0.1, -0.05) is 0 Å². The fraction of sp³-hybridized carbons (Fsp3) is 0.462. The molecule has 0 spiro atoms. The van der Waals surface area contributed by atoms with Crippen LogP contribution in [0.2, 0.25) is 0 Å². The van der Waals surface area contributed by atoms with Crippen molar-refractivity contribution in [3.05, 3.63) is 24.3 Å². The van der Waals surface area contributed by atoms with Crippen LogP contribution in [0.25, 0.3) is 0 Å². The van der Waals surface area contributed by atoms with E-state index in [1.807, 2.05) is 0 Å². The van der Waals surface area contributed by atoms with Crippen LogP contribution in [0.5, 0.6) is 5.75 Å². The molecule has 2 rings (SSSR count). The highest BCUT2D eigenvalue weighted by atomic mass is 32.2. The summed E-state index contributed by atoms with van der Waals surface area (Å²) in [4.78, 5) is 12.0. The van der Waals surface area contributed by atoms with E-state index in [4.69, 9.17) is 9.94 Å². The van der Waals surface area contributed by atoms with Crippen molar-refractivity contribution in [2.24, 2.45) is 0 Å². The molecule has 0 aromatic heterocycles. The zero-order chi connectivity index (χ0) is 16.5. The quantitative estimate of drug-likeness (QED) is 0.625. The van der Waals surface area contributed by atoms with E-state index in [9.17, 15) is 13.2 Å². The lowest BCUT2D eigenvalue weighted by Crippen LogP contribution is -2.52. The van der Waals surface area contributed by atoms with Crippen molar-refractivity contribution in [1.82, 2.24) is 9.79 Å². The Kier molecular flexibility index (Phi) is 4.71. The molecule has 0 aliphatic carbocycles. The zero-order valence-electron chi connectivity index (χ0n) is 12.4. The van der Waals surface area contributed by atoms with Crippen molar-refractivity contribution < 1.29 is 23.2 Å². The monoisotopic (exact) mass is 346 g/mol. The molecule has 1 amide bonds. The van der Waals surface area contributed by atoms with Gasteiger partial charge in [0.05, 0.1) is 17.9 Å². The van der Waals surface area contributed by atoms with E-state index in [1.165, 1.54) is 31.0 Å². The zero-order valence-corrected chi connectivity index (χ0v) is 14.1. The molecular weight excluding hydrogens is 328 g/mol. The van der Waals surface area contributed by atoms with Gasteiger partial charge in [0, 0.05) is 4.75 Å². The first-order valence-electron chi connectivity index (χ1n) is 6.48. The molecule has 1 fully saturated rings. The number of rotatable bonds is 4. The third-order valence-corrected chi connectivity index (χ3v) is 6.90. The number of carbonyl (C=O) groups excluding carboxylic acids is 1. The molecule has 9 heteroatoms. The molecule has 122 valence electrons. The molecule has 1 atom stereocenters. The second kappa shape index (κ2) is 6.07. The van der Waals surface area contributed by atoms with Crippen LogP contribution < -0.4 is 10.2 Å². The number of thioether (sulfide) groups is 1. The minimum Gasteiger partial charge on any atom is -0.497 e. The van der Waals surface area contributed by atoms with E-state index in [2.05, 4.69) is 0 Å². The number of carbonyl (C=O) groups is 1. The third kappa shape index (κ3) is 2.94. The number of hydrogen-bond donors (Lipinski definition) is 2. The van der Waals surface area contributed by atoms with Gasteiger partial charge in [-0.25, -0.2) is 13.9 Å². The van der Waals surface area contributed by atoms with E-state index < -0.39 is 26.7 Å². The van der Waals surface area contributed by atoms with Crippen LogP contribution in [0, 0.1) is 0 Å². The highest BCUT2D eigenvalue weighted by Crippen LogP contribution is 2.42. The van der Waals surface area contributed by atoms with Crippen molar-refractivity contribution in [1.29, 1.82) is 0 Å². The molecule has 1 aromatic rings. The first-order chi connectivity index (χ1) is 10.2. The predicted octanol–water partition coefficient (Wildman–Crippen LogP) is 1.04. The van der Waals surface area contributed by atoms with Crippen molar-refractivity contribution in [2.45, 2.75) is 29.5 Å². The lowest BCUT2D eigenvalue weighted by atomic mass is 10.0. The Morgan fingerprint density at radius 1 is 1.41 bits per heavy atom. The molecule has 0 radical (unpaired) electrons. The van der Waals surface area contributed by atoms with Gasteiger partial charge in [0.2, 0.25) is 10.0 Å². The van der Waals surface area contributed by atoms with Crippen LogP contribution in [-0.2, 0) is 14.8 Å². The van der Waals surface area contributed by atoms with E-state index in [0.29, 0.717) is 5.75 Å². The largest absolute Gasteiger partial charge is 0.497 e. The normalized spacial score (nSPS) is 21.5. The second-order valence-electron chi connectivity index (χ2n) is 5.32. The van der Waals surface area contributed by atoms with Gasteiger partial charge in [-0.15, -0.1) is 11.8 Å². The molecular formula is C13H18N2O5S2. The summed E-state index contributed by atoms with van der Waals surface area (Å²) in [6, 6.07) is 4.95. The van der Waals surface area contributed by atoms with Crippen LogP contribution in [0.1, 0.15) is 13.8 Å². The minimum absolute atomic E-state index is 0.0716. The SMILES string of the molecule is COc1ccc(S(=O)(=O)N2CSC(C)(C)[C@@H]2C(=O)NO)cc1. The molecule has 22 heavy (non-hydrogen) atoms. The highest BCUT2D eigenvalue weighted by Gasteiger charge is 2.51. The minimum atomic E-state index is -3.85. The number of methoxy groups -OCH3 is 1. The number of sulfonamides is 1. The van der Waals surface area contributed by atoms with Crippen LogP contribution in [-0.4, -0.2) is 47.6 Å². The van der Waals surface area contributed by atoms with Crippen LogP contribution >= 0.6 is 11.8 Å². The number of nitrogens with one attached hydrogen (secondary N) is 1. The summed E-state index contributed by atoms with van der Waals surface area (Å²) in [7, 11) is -2.36. The fourth-order valence-corrected chi connectivity index (χ4v) is 5.50. The number of benzene rings is 1. The molecule has 0 bridgehead atoms. The molecule has 7 nitrogen and oxygen atoms in total. The number of ether oxygens (including phenoxy) is 1. The van der Waals surface area contributed by atoms with E-state index in [0.717, 1.165) is 4.31 Å². The summed E-state index contributed by atoms with van der Waals surface area (Å²) in [5, 5.41) is 8.90. The molecule has 1 aliphatic rings. The van der Waals surface area contributed by atoms with E-state index >= 15 is 0 Å². The Morgan fingerprint density at radius 2 is 2.00 bits per heavy atom. The third-order valence-electron chi connectivity index (χ3n) is 3.53. The molecule has 2 N–H and O–H groups in total. The van der Waals surface area contributed by atoms with Gasteiger partial charge in [-0.2, -0.15) is 4.31 Å². The first-order valence-corrected chi connectivity index (χ1v) is 8.90. The predicted molar refractivity (Wildman–Crippen MR) is 82.3 cm³/mol. The summed E-state index contributed by atoms with van der Waals surface area (Å²) in [6.45, 7) is 3.53. The Morgan fingerprint density at radius 3 is 2.50 bits per heavy atom. The van der Waals surface area contributed by atoms with Gasteiger partial charge in [-0.05, 0) is 38.1 Å². The summed E-state index contributed by atoms with van der Waals surface area (Å²) in [5.41, 5.74) is 1.56. The van der Waals surface area contributed by atoms with Crippen LogP contribution in [0.15, 0.2) is 29.2 Å². The Bertz CT molecular complexity index is 658. The van der Waals surface area contributed by atoms with Gasteiger partial charge in [0.15, 0.2) is 0 Å². The molecule has 1 saturated heterocycles. The Hall–Kier alpha value is -1.29. The number of hydroxylamine groups is 1. The summed E-state index contributed by atoms with van der Waals surface area (Å²) in [6.07, 6.45) is 0. The molecule has 1 aromatic carbocycles. The Balaban J connectivity index is 2.41. The summed E-state index contributed by atoms with van der Waals surface area (Å²) >= 11 is 1.34. The van der Waals surface area contributed by atoms with E-state index in [-0.39, 0.29) is 10.8 Å². The number of nitrogens with zero attached hydrogens (tertiary/aromatic N) is 1. The van der Waals surface area contributed by atoms with Crippen molar-refractivity contribution in [3.63, 3.8) is 0 Å². The van der Waals surface area contributed by atoms with Gasteiger partial charge in [0.1, 0.15) is 11.8 Å². The maximum atomic E-state index is 12.8. The van der Waals surface area contributed by atoms with E-state index in [1.54, 1.807) is 31.5 Å². The topological polar surface area (TPSA) is 95.9 Å². The molecule has 1 heterocycles. The number of hydrogen-bond acceptors (Lipinski definition) is 6. The van der Waals surface area contributed by atoms with Crippen molar-refractivity contribution >= 4 is 27.7 Å². The lowest BCUT2D eigenvalue weighted by Gasteiger charge is -2.28. The summed E-state index contributed by atoms with van der Waals surface area (Å²) in [5.74, 6) is -0.0637. The average molecular weight is 346 g/mol. The smallest absolute Gasteiger partial charge is 0.263 e. The maximum Gasteiger partial charge on any atom is 0.263 e. The maximum absolute atomic E-state index is 12.8. The van der Waals surface area contributed by atoms with Gasteiger partial charge in [-0.3, -0.25) is 10.0 Å². The van der Waals surface area contributed by atoms with Crippen molar-refractivity contribution in [2.75, 3.05) is 13.0 Å². The molecule has 0 saturated carbocycles. The molecule has 1 aliphatic heterocycles. The standard InChI is InChI=1S/C13H18N2O5S2/c1-13(2)11(12(16)14-17)15(8-21-13)22(18,19)10-6-4-9(20-3)5-7-10/h4-7,11,17H,8H2,1-3H3,(H,14,16)/t11-/m0/s1. The second-order valence-corrected chi connectivity index (χ2v) is 8.81. The lowest BCUT2D eigenvalue weighted by molar-refractivity contribution is -0.133. The number of amides is 1.